The number of hydrogen-bond acceptors (Lipinski definition) is 3. The Morgan fingerprint density at radius 3 is 3.00 bits per heavy atom. The summed E-state index contributed by atoms with van der Waals surface area (Å²) in [6.45, 7) is 2.54. The van der Waals surface area contributed by atoms with Gasteiger partial charge in [-0.2, -0.15) is 10.4 Å². The first kappa shape index (κ1) is 10.7. The van der Waals surface area contributed by atoms with Crippen LogP contribution in [0.4, 0.5) is 0 Å². The molecule has 2 rings (SSSR count). The van der Waals surface area contributed by atoms with Crippen molar-refractivity contribution in [3.63, 3.8) is 0 Å². The number of carbonyl (C=O) groups excluding carboxylic acids is 1. The SMILES string of the molecule is CC(Cn1cccn1)NC(=O)C1(C#N)CC1. The molecule has 0 spiro atoms. The molecule has 1 aliphatic carbocycles. The van der Waals surface area contributed by atoms with E-state index in [1.165, 1.54) is 0 Å². The first-order valence-electron chi connectivity index (χ1n) is 5.36. The van der Waals surface area contributed by atoms with Crippen LogP contribution in [-0.4, -0.2) is 21.7 Å². The van der Waals surface area contributed by atoms with E-state index in [0.29, 0.717) is 19.4 Å². The number of nitriles is 1. The fourth-order valence-electron chi connectivity index (χ4n) is 1.61. The standard InChI is InChI=1S/C11H14N4O/c1-9(7-15-6-2-5-13-15)14-10(16)11(8-12)3-4-11/h2,5-6,9H,3-4,7H2,1H3,(H,14,16). The fraction of sp³-hybridized carbons (Fsp3) is 0.545. The first-order valence-corrected chi connectivity index (χ1v) is 5.36. The van der Waals surface area contributed by atoms with Gasteiger partial charge >= 0.3 is 0 Å². The van der Waals surface area contributed by atoms with Crippen molar-refractivity contribution in [2.45, 2.75) is 32.4 Å². The highest BCUT2D eigenvalue weighted by Gasteiger charge is 2.50. The van der Waals surface area contributed by atoms with E-state index in [0.717, 1.165) is 0 Å². The van der Waals surface area contributed by atoms with Gasteiger partial charge in [-0.15, -0.1) is 0 Å². The number of nitrogens with one attached hydrogen (secondary N) is 1. The van der Waals surface area contributed by atoms with Crippen molar-refractivity contribution in [3.05, 3.63) is 18.5 Å². The lowest BCUT2D eigenvalue weighted by atomic mass is 10.1. The van der Waals surface area contributed by atoms with Crippen LogP contribution < -0.4 is 5.32 Å². The molecule has 1 N–H and O–H groups in total. The summed E-state index contributed by atoms with van der Waals surface area (Å²) < 4.78 is 1.76. The van der Waals surface area contributed by atoms with E-state index >= 15 is 0 Å². The van der Waals surface area contributed by atoms with Gasteiger partial charge in [0.1, 0.15) is 5.41 Å². The molecule has 1 atom stereocenters. The summed E-state index contributed by atoms with van der Waals surface area (Å²) in [5.74, 6) is -0.144. The van der Waals surface area contributed by atoms with Crippen LogP contribution in [-0.2, 0) is 11.3 Å². The van der Waals surface area contributed by atoms with Gasteiger partial charge in [0.15, 0.2) is 0 Å². The van der Waals surface area contributed by atoms with Crippen LogP contribution in [0.2, 0.25) is 0 Å². The third-order valence-electron chi connectivity index (χ3n) is 2.80. The monoisotopic (exact) mass is 218 g/mol. The van der Waals surface area contributed by atoms with Crippen molar-refractivity contribution >= 4 is 5.91 Å². The van der Waals surface area contributed by atoms with Crippen LogP contribution in [0.3, 0.4) is 0 Å². The van der Waals surface area contributed by atoms with Gasteiger partial charge in [-0.05, 0) is 25.8 Å². The van der Waals surface area contributed by atoms with Crippen molar-refractivity contribution < 1.29 is 4.79 Å². The summed E-state index contributed by atoms with van der Waals surface area (Å²) in [7, 11) is 0. The molecule has 5 heteroatoms. The Bertz CT molecular complexity index is 414. The van der Waals surface area contributed by atoms with Crippen LogP contribution in [0.25, 0.3) is 0 Å². The molecule has 84 valence electrons. The normalized spacial score (nSPS) is 18.5. The molecule has 1 aromatic rings. The molecule has 1 fully saturated rings. The second kappa shape index (κ2) is 3.97. The Kier molecular flexibility index (Phi) is 2.65. The van der Waals surface area contributed by atoms with Crippen LogP contribution in [0.15, 0.2) is 18.5 Å². The molecule has 5 nitrogen and oxygen atoms in total. The summed E-state index contributed by atoms with van der Waals surface area (Å²) in [5, 5.41) is 15.8. The number of hydrogen-bond donors (Lipinski definition) is 1. The molecule has 0 aromatic carbocycles. The summed E-state index contributed by atoms with van der Waals surface area (Å²) in [6, 6.07) is 3.91. The van der Waals surface area contributed by atoms with E-state index in [2.05, 4.69) is 16.5 Å². The summed E-state index contributed by atoms with van der Waals surface area (Å²) in [6.07, 6.45) is 4.92. The van der Waals surface area contributed by atoms with Gasteiger partial charge in [0.25, 0.3) is 0 Å². The second-order valence-electron chi connectivity index (χ2n) is 4.30. The number of carbonyl (C=O) groups is 1. The summed E-state index contributed by atoms with van der Waals surface area (Å²) >= 11 is 0. The average Bonchev–Trinajstić information content (AvgIpc) is 2.91. The molecule has 0 aliphatic heterocycles. The molecular weight excluding hydrogens is 204 g/mol. The maximum absolute atomic E-state index is 11.7. The molecule has 1 amide bonds. The minimum absolute atomic E-state index is 0.0155. The average molecular weight is 218 g/mol. The third-order valence-corrected chi connectivity index (χ3v) is 2.80. The smallest absolute Gasteiger partial charge is 0.240 e. The van der Waals surface area contributed by atoms with Crippen molar-refractivity contribution in [1.29, 1.82) is 5.26 Å². The highest BCUT2D eigenvalue weighted by Crippen LogP contribution is 2.45. The Labute approximate surface area is 94.1 Å². The molecule has 0 saturated heterocycles. The quantitative estimate of drug-likeness (QED) is 0.808. The molecule has 0 radical (unpaired) electrons. The summed E-state index contributed by atoms with van der Waals surface area (Å²) in [4.78, 5) is 11.7. The van der Waals surface area contributed by atoms with Crippen molar-refractivity contribution in [1.82, 2.24) is 15.1 Å². The van der Waals surface area contributed by atoms with E-state index in [1.807, 2.05) is 19.2 Å². The lowest BCUT2D eigenvalue weighted by molar-refractivity contribution is -0.125. The predicted octanol–water partition coefficient (Wildman–Crippen LogP) is 0.692. The summed E-state index contributed by atoms with van der Waals surface area (Å²) in [5.41, 5.74) is -0.738. The molecular formula is C11H14N4O. The zero-order valence-electron chi connectivity index (χ0n) is 9.18. The van der Waals surface area contributed by atoms with Crippen LogP contribution in [0, 0.1) is 16.7 Å². The van der Waals surface area contributed by atoms with Crippen LogP contribution in [0.1, 0.15) is 19.8 Å². The van der Waals surface area contributed by atoms with Gasteiger partial charge in [-0.3, -0.25) is 9.48 Å². The minimum atomic E-state index is -0.738. The molecule has 1 saturated carbocycles. The van der Waals surface area contributed by atoms with Gasteiger partial charge in [-0.1, -0.05) is 0 Å². The fourth-order valence-corrected chi connectivity index (χ4v) is 1.61. The molecule has 1 aromatic heterocycles. The Hall–Kier alpha value is -1.83. The first-order chi connectivity index (χ1) is 7.66. The Balaban J connectivity index is 1.86. The van der Waals surface area contributed by atoms with Gasteiger partial charge in [0.05, 0.1) is 12.6 Å². The number of nitrogens with zero attached hydrogens (tertiary/aromatic N) is 3. The van der Waals surface area contributed by atoms with Crippen LogP contribution in [0.5, 0.6) is 0 Å². The van der Waals surface area contributed by atoms with Gasteiger partial charge in [-0.25, -0.2) is 0 Å². The molecule has 1 unspecified atom stereocenters. The van der Waals surface area contributed by atoms with E-state index in [1.54, 1.807) is 10.9 Å². The van der Waals surface area contributed by atoms with Gasteiger partial charge in [0.2, 0.25) is 5.91 Å². The topological polar surface area (TPSA) is 70.7 Å². The third kappa shape index (κ3) is 2.06. The number of rotatable bonds is 4. The molecule has 1 heterocycles. The zero-order valence-corrected chi connectivity index (χ0v) is 9.18. The van der Waals surface area contributed by atoms with E-state index in [9.17, 15) is 4.79 Å². The maximum Gasteiger partial charge on any atom is 0.240 e. The number of amides is 1. The highest BCUT2D eigenvalue weighted by molar-refractivity contribution is 5.88. The van der Waals surface area contributed by atoms with Crippen molar-refractivity contribution in [2.24, 2.45) is 5.41 Å². The van der Waals surface area contributed by atoms with E-state index < -0.39 is 5.41 Å². The van der Waals surface area contributed by atoms with Crippen molar-refractivity contribution in [2.75, 3.05) is 0 Å². The zero-order chi connectivity index (χ0) is 11.6. The van der Waals surface area contributed by atoms with Gasteiger partial charge < -0.3 is 5.32 Å². The second-order valence-corrected chi connectivity index (χ2v) is 4.30. The van der Waals surface area contributed by atoms with Gasteiger partial charge in [0, 0.05) is 18.4 Å². The number of aromatic nitrogens is 2. The largest absolute Gasteiger partial charge is 0.350 e. The lowest BCUT2D eigenvalue weighted by Gasteiger charge is -2.15. The van der Waals surface area contributed by atoms with Crippen molar-refractivity contribution in [3.8, 4) is 6.07 Å². The lowest BCUT2D eigenvalue weighted by Crippen LogP contribution is -2.40. The van der Waals surface area contributed by atoms with E-state index in [4.69, 9.17) is 5.26 Å². The highest BCUT2D eigenvalue weighted by atomic mass is 16.2. The Morgan fingerprint density at radius 1 is 1.75 bits per heavy atom. The minimum Gasteiger partial charge on any atom is -0.350 e. The molecule has 16 heavy (non-hydrogen) atoms. The Morgan fingerprint density at radius 2 is 2.50 bits per heavy atom. The molecule has 1 aliphatic rings. The van der Waals surface area contributed by atoms with Crippen LogP contribution >= 0.6 is 0 Å². The molecule has 0 bridgehead atoms. The predicted molar refractivity (Wildman–Crippen MR) is 57.1 cm³/mol. The van der Waals surface area contributed by atoms with E-state index in [-0.39, 0.29) is 11.9 Å². The maximum atomic E-state index is 11.7.